The van der Waals surface area contributed by atoms with Crippen LogP contribution < -0.4 is 15.1 Å². The summed E-state index contributed by atoms with van der Waals surface area (Å²) in [5.74, 6) is -0.163. The molecule has 1 N–H and O–H groups in total. The van der Waals surface area contributed by atoms with Crippen LogP contribution in [0.4, 0.5) is 15.8 Å². The minimum atomic E-state index is -0.646. The molecular weight excluding hydrogens is 507 g/mol. The first-order valence-electron chi connectivity index (χ1n) is 13.0. The quantitative estimate of drug-likeness (QED) is 0.533. The lowest BCUT2D eigenvalue weighted by atomic mass is 9.74. The number of halogens is 2. The Morgan fingerprint density at radius 1 is 1.18 bits per heavy atom. The summed E-state index contributed by atoms with van der Waals surface area (Å²) >= 11 is 6.03. The molecule has 2 fully saturated rings. The van der Waals surface area contributed by atoms with E-state index >= 15 is 0 Å². The topological polar surface area (TPSA) is 83.4 Å². The maximum absolute atomic E-state index is 14.3. The van der Waals surface area contributed by atoms with E-state index in [0.29, 0.717) is 41.6 Å². The molecule has 1 saturated heterocycles. The van der Waals surface area contributed by atoms with Crippen molar-refractivity contribution in [1.29, 1.82) is 0 Å². The van der Waals surface area contributed by atoms with Crippen LogP contribution in [-0.4, -0.2) is 52.3 Å². The van der Waals surface area contributed by atoms with Crippen LogP contribution in [0.5, 0.6) is 0 Å². The minimum absolute atomic E-state index is 0.0533. The molecule has 1 aliphatic carbocycles. The van der Waals surface area contributed by atoms with Gasteiger partial charge in [0.25, 0.3) is 5.91 Å². The normalized spacial score (nSPS) is 21.9. The number of anilines is 2. The summed E-state index contributed by atoms with van der Waals surface area (Å²) in [6, 6.07) is 6.44. The molecule has 0 radical (unpaired) electrons. The van der Waals surface area contributed by atoms with E-state index in [4.69, 9.17) is 11.6 Å². The molecule has 0 atom stereocenters. The van der Waals surface area contributed by atoms with Crippen molar-refractivity contribution in [3.8, 4) is 0 Å². The van der Waals surface area contributed by atoms with Crippen molar-refractivity contribution in [2.45, 2.75) is 44.1 Å². The summed E-state index contributed by atoms with van der Waals surface area (Å²) in [5, 5.41) is 7.80. The Bertz CT molecular complexity index is 1410. The number of hydrogen-bond donors (Lipinski definition) is 1. The van der Waals surface area contributed by atoms with Gasteiger partial charge in [0.2, 0.25) is 5.91 Å². The molecule has 1 aromatic carbocycles. The Kier molecular flexibility index (Phi) is 6.13. The Hall–Kier alpha value is -3.46. The van der Waals surface area contributed by atoms with Gasteiger partial charge in [0.1, 0.15) is 11.2 Å². The van der Waals surface area contributed by atoms with Crippen LogP contribution in [0.3, 0.4) is 0 Å². The summed E-state index contributed by atoms with van der Waals surface area (Å²) in [6.07, 6.45) is 8.67. The fourth-order valence-electron chi connectivity index (χ4n) is 6.21. The van der Waals surface area contributed by atoms with E-state index in [0.717, 1.165) is 36.9 Å². The lowest BCUT2D eigenvalue weighted by molar-refractivity contribution is -0.124. The van der Waals surface area contributed by atoms with Crippen molar-refractivity contribution in [2.24, 2.45) is 13.0 Å². The Balaban J connectivity index is 1.12. The SMILES string of the molecule is Cc1ncc(Cl)cc1C(=O)N[C@H]1CC[C@H](CN2C(=O)C3(CN(c4cnn(C)c4)C3)c3ccc(F)cc32)CC1. The van der Waals surface area contributed by atoms with Crippen molar-refractivity contribution >= 4 is 34.8 Å². The number of nitrogens with zero attached hydrogens (tertiary/aromatic N) is 5. The number of pyridine rings is 1. The summed E-state index contributed by atoms with van der Waals surface area (Å²) in [5.41, 5.74) is 3.08. The van der Waals surface area contributed by atoms with Crippen molar-refractivity contribution in [3.63, 3.8) is 0 Å². The molecule has 0 bridgehead atoms. The van der Waals surface area contributed by atoms with Crippen molar-refractivity contribution in [3.05, 3.63) is 70.5 Å². The van der Waals surface area contributed by atoms with Crippen LogP contribution in [0.2, 0.25) is 5.02 Å². The van der Waals surface area contributed by atoms with E-state index in [-0.39, 0.29) is 29.6 Å². The average Bonchev–Trinajstić information content (AvgIpc) is 3.39. The van der Waals surface area contributed by atoms with E-state index in [1.165, 1.54) is 18.3 Å². The minimum Gasteiger partial charge on any atom is -0.366 e. The summed E-state index contributed by atoms with van der Waals surface area (Å²) < 4.78 is 16.1. The molecule has 198 valence electrons. The fraction of sp³-hybridized carbons (Fsp3) is 0.429. The van der Waals surface area contributed by atoms with Gasteiger partial charge in [-0.2, -0.15) is 5.10 Å². The average molecular weight is 537 g/mol. The lowest BCUT2D eigenvalue weighted by Gasteiger charge is -2.47. The first-order chi connectivity index (χ1) is 18.2. The second kappa shape index (κ2) is 9.38. The van der Waals surface area contributed by atoms with Crippen LogP contribution in [0.1, 0.15) is 47.3 Å². The number of fused-ring (bicyclic) bond motifs is 2. The van der Waals surface area contributed by atoms with Crippen LogP contribution >= 0.6 is 11.6 Å². The molecule has 10 heteroatoms. The van der Waals surface area contributed by atoms with Gasteiger partial charge in [0.15, 0.2) is 0 Å². The van der Waals surface area contributed by atoms with Crippen LogP contribution in [-0.2, 0) is 17.3 Å². The summed E-state index contributed by atoms with van der Waals surface area (Å²) in [7, 11) is 1.87. The summed E-state index contributed by atoms with van der Waals surface area (Å²) in [6.45, 7) is 3.47. The molecule has 3 aliphatic rings. The smallest absolute Gasteiger partial charge is 0.253 e. The molecule has 6 rings (SSSR count). The first kappa shape index (κ1) is 24.9. The van der Waals surface area contributed by atoms with Crippen LogP contribution in [0.15, 0.2) is 42.9 Å². The van der Waals surface area contributed by atoms with Gasteiger partial charge < -0.3 is 15.1 Å². The van der Waals surface area contributed by atoms with E-state index in [2.05, 4.69) is 20.3 Å². The third-order valence-electron chi connectivity index (χ3n) is 8.32. The van der Waals surface area contributed by atoms with Crippen LogP contribution in [0.25, 0.3) is 0 Å². The zero-order chi connectivity index (χ0) is 26.6. The number of aromatic nitrogens is 3. The molecule has 2 aromatic heterocycles. The number of hydrogen-bond acceptors (Lipinski definition) is 5. The van der Waals surface area contributed by atoms with Crippen molar-refractivity contribution in [2.75, 3.05) is 29.4 Å². The Morgan fingerprint density at radius 2 is 1.95 bits per heavy atom. The first-order valence-corrected chi connectivity index (χ1v) is 13.4. The highest BCUT2D eigenvalue weighted by Gasteiger charge is 2.58. The van der Waals surface area contributed by atoms with Gasteiger partial charge in [-0.05, 0) is 62.3 Å². The maximum Gasteiger partial charge on any atom is 0.253 e. The molecule has 4 heterocycles. The summed E-state index contributed by atoms with van der Waals surface area (Å²) in [4.78, 5) is 34.8. The molecule has 2 aliphatic heterocycles. The number of aryl methyl sites for hydroxylation is 2. The van der Waals surface area contributed by atoms with E-state index in [1.54, 1.807) is 29.9 Å². The molecule has 38 heavy (non-hydrogen) atoms. The van der Waals surface area contributed by atoms with E-state index in [9.17, 15) is 14.0 Å². The van der Waals surface area contributed by atoms with Gasteiger partial charge in [0.05, 0.1) is 33.9 Å². The number of nitrogens with one attached hydrogen (secondary N) is 1. The molecule has 0 unspecified atom stereocenters. The fourth-order valence-corrected chi connectivity index (χ4v) is 6.37. The van der Waals surface area contributed by atoms with Crippen molar-refractivity contribution in [1.82, 2.24) is 20.1 Å². The second-order valence-electron chi connectivity index (χ2n) is 10.9. The highest BCUT2D eigenvalue weighted by Crippen LogP contribution is 2.49. The lowest BCUT2D eigenvalue weighted by Crippen LogP contribution is -2.64. The van der Waals surface area contributed by atoms with Gasteiger partial charge in [-0.25, -0.2) is 4.39 Å². The molecule has 1 spiro atoms. The van der Waals surface area contributed by atoms with Gasteiger partial charge in [-0.15, -0.1) is 0 Å². The van der Waals surface area contributed by atoms with Crippen LogP contribution in [0, 0.1) is 18.7 Å². The molecule has 8 nitrogen and oxygen atoms in total. The maximum atomic E-state index is 14.3. The van der Waals surface area contributed by atoms with E-state index in [1.807, 2.05) is 18.1 Å². The molecular formula is C28H30ClFN6O2. The highest BCUT2D eigenvalue weighted by molar-refractivity contribution is 6.30. The second-order valence-corrected chi connectivity index (χ2v) is 11.3. The molecule has 1 saturated carbocycles. The molecule has 3 aromatic rings. The predicted octanol–water partition coefficient (Wildman–Crippen LogP) is 4.01. The zero-order valence-electron chi connectivity index (χ0n) is 21.5. The monoisotopic (exact) mass is 536 g/mol. The standard InChI is InChI=1S/C28H30ClFN6O2/c1-17-23(9-19(29)11-31-17)26(37)33-21-6-3-18(4-7-21)13-36-25-10-20(30)5-8-24(25)28(27(36)38)15-35(16-28)22-12-32-34(2)14-22/h5,8-12,14,18,21H,3-4,6-7,13,15-16H2,1-2H3,(H,33,37)/t18-,21-. The van der Waals surface area contributed by atoms with Gasteiger partial charge >= 0.3 is 0 Å². The number of rotatable bonds is 5. The van der Waals surface area contributed by atoms with Crippen molar-refractivity contribution < 1.29 is 14.0 Å². The number of benzene rings is 1. The highest BCUT2D eigenvalue weighted by atomic mass is 35.5. The third-order valence-corrected chi connectivity index (χ3v) is 8.53. The van der Waals surface area contributed by atoms with E-state index < -0.39 is 5.41 Å². The number of amides is 2. The largest absolute Gasteiger partial charge is 0.366 e. The number of carbonyl (C=O) groups is 2. The van der Waals surface area contributed by atoms with Gasteiger partial charge in [0, 0.05) is 45.1 Å². The Labute approximate surface area is 225 Å². The third kappa shape index (κ3) is 4.22. The van der Waals surface area contributed by atoms with Gasteiger partial charge in [-0.3, -0.25) is 19.3 Å². The Morgan fingerprint density at radius 3 is 2.66 bits per heavy atom. The predicted molar refractivity (Wildman–Crippen MR) is 143 cm³/mol. The zero-order valence-corrected chi connectivity index (χ0v) is 22.2. The van der Waals surface area contributed by atoms with Gasteiger partial charge in [-0.1, -0.05) is 17.7 Å². The number of carbonyl (C=O) groups excluding carboxylic acids is 2. The molecule has 2 amide bonds.